The molecule has 40 heavy (non-hydrogen) atoms. The number of hydrogen-bond acceptors (Lipinski definition) is 9. The molecule has 0 bridgehead atoms. The molecule has 1 fully saturated rings. The summed E-state index contributed by atoms with van der Waals surface area (Å²) in [6.45, 7) is 7.96. The molecule has 2 atom stereocenters. The summed E-state index contributed by atoms with van der Waals surface area (Å²) in [5.41, 5.74) is -0.206. The Morgan fingerprint density at radius 2 is 1.77 bits per heavy atom. The maximum atomic E-state index is 12.5. The Hall–Kier alpha value is -3.60. The lowest BCUT2D eigenvalue weighted by Gasteiger charge is -2.29. The van der Waals surface area contributed by atoms with Crippen LogP contribution in [0.2, 0.25) is 0 Å². The molecule has 11 nitrogen and oxygen atoms in total. The van der Waals surface area contributed by atoms with E-state index in [1.165, 1.54) is 13.0 Å². The van der Waals surface area contributed by atoms with E-state index in [1.807, 2.05) is 20.8 Å². The van der Waals surface area contributed by atoms with Crippen molar-refractivity contribution in [1.82, 2.24) is 10.6 Å². The summed E-state index contributed by atoms with van der Waals surface area (Å²) in [5.74, 6) is -0.0875. The quantitative estimate of drug-likeness (QED) is 0.224. The number of amides is 2. The molecule has 11 heteroatoms. The normalized spacial score (nSPS) is 17.2. The summed E-state index contributed by atoms with van der Waals surface area (Å²) >= 11 is 0. The van der Waals surface area contributed by atoms with Crippen LogP contribution in [0.25, 0.3) is 11.0 Å². The number of fused-ring (bicyclic) bond motifs is 1. The third-order valence-corrected chi connectivity index (χ3v) is 6.05. The van der Waals surface area contributed by atoms with Crippen molar-refractivity contribution in [2.24, 2.45) is 0 Å². The van der Waals surface area contributed by atoms with Crippen molar-refractivity contribution < 1.29 is 37.7 Å². The number of carbonyl (C=O) groups excluding carboxylic acids is 3. The molecular formula is C29H40N2O9. The zero-order valence-corrected chi connectivity index (χ0v) is 23.7. The fourth-order valence-corrected chi connectivity index (χ4v) is 4.26. The number of unbranched alkanes of at least 4 members (excludes halogenated alkanes) is 2. The molecule has 2 aromatic rings. The second kappa shape index (κ2) is 14.7. The smallest absolute Gasteiger partial charge is 0.407 e. The van der Waals surface area contributed by atoms with Crippen molar-refractivity contribution in [3.05, 3.63) is 40.2 Å². The molecule has 3 rings (SSSR count). The van der Waals surface area contributed by atoms with E-state index >= 15 is 0 Å². The number of ether oxygens (including phenoxy) is 4. The van der Waals surface area contributed by atoms with Gasteiger partial charge in [-0.1, -0.05) is 0 Å². The van der Waals surface area contributed by atoms with Gasteiger partial charge in [-0.05, 0) is 70.6 Å². The number of nitrogens with one attached hydrogen (secondary N) is 2. The van der Waals surface area contributed by atoms with Crippen LogP contribution < -0.4 is 21.0 Å². The molecule has 1 aromatic heterocycles. The van der Waals surface area contributed by atoms with Crippen LogP contribution in [0.5, 0.6) is 5.75 Å². The first-order chi connectivity index (χ1) is 19.0. The molecule has 2 amide bonds. The average molecular weight is 561 g/mol. The van der Waals surface area contributed by atoms with Gasteiger partial charge in [0.15, 0.2) is 6.29 Å². The van der Waals surface area contributed by atoms with Crippen LogP contribution in [-0.4, -0.2) is 55.7 Å². The molecular weight excluding hydrogens is 520 g/mol. The van der Waals surface area contributed by atoms with Crippen molar-refractivity contribution >= 4 is 28.9 Å². The Bertz CT molecular complexity index is 1220. The van der Waals surface area contributed by atoms with E-state index in [-0.39, 0.29) is 31.0 Å². The van der Waals surface area contributed by atoms with Gasteiger partial charge in [0, 0.05) is 44.0 Å². The average Bonchev–Trinajstić information content (AvgIpc) is 2.86. The maximum absolute atomic E-state index is 12.5. The number of benzene rings is 1. The van der Waals surface area contributed by atoms with Gasteiger partial charge in [-0.25, -0.2) is 9.59 Å². The number of esters is 1. The van der Waals surface area contributed by atoms with Crippen LogP contribution in [-0.2, 0) is 30.2 Å². The lowest BCUT2D eigenvalue weighted by Crippen LogP contribution is -2.34. The summed E-state index contributed by atoms with van der Waals surface area (Å²) in [6, 6.07) is 6.44. The highest BCUT2D eigenvalue weighted by Gasteiger charge is 2.25. The highest BCUT2D eigenvalue weighted by molar-refractivity contribution is 5.87. The minimum atomic E-state index is -0.555. The number of hydrogen-bond donors (Lipinski definition) is 2. The van der Waals surface area contributed by atoms with Crippen molar-refractivity contribution in [2.75, 3.05) is 19.7 Å². The predicted molar refractivity (Wildman–Crippen MR) is 147 cm³/mol. The Kier molecular flexibility index (Phi) is 11.4. The minimum Gasteiger partial charge on any atom is -0.465 e. The van der Waals surface area contributed by atoms with Gasteiger partial charge < -0.3 is 34.0 Å². The van der Waals surface area contributed by atoms with E-state index in [4.69, 9.17) is 23.4 Å². The molecule has 1 aliphatic heterocycles. The summed E-state index contributed by atoms with van der Waals surface area (Å²) in [6.07, 6.45) is 3.51. The third kappa shape index (κ3) is 10.9. The first-order valence-electron chi connectivity index (χ1n) is 13.7. The van der Waals surface area contributed by atoms with Crippen LogP contribution >= 0.6 is 0 Å². The lowest BCUT2D eigenvalue weighted by atomic mass is 10.1. The lowest BCUT2D eigenvalue weighted by molar-refractivity contribution is -0.172. The van der Waals surface area contributed by atoms with Gasteiger partial charge in [0.25, 0.3) is 0 Å². The van der Waals surface area contributed by atoms with Crippen LogP contribution in [0, 0.1) is 0 Å². The van der Waals surface area contributed by atoms with Crippen LogP contribution in [0.4, 0.5) is 4.79 Å². The highest BCUT2D eigenvalue weighted by Crippen LogP contribution is 2.27. The number of alkyl carbamates (subject to hydrolysis) is 1. The molecule has 2 heterocycles. The summed E-state index contributed by atoms with van der Waals surface area (Å²) in [4.78, 5) is 47.5. The SMILES string of the molecule is CC(=O)OC[C@H]1CCC[C@H](Oc2ccc3c(CC(=O)NCCCCCNC(=O)OC(C)(C)C)cc(=O)oc3c2)O1. The molecule has 0 spiro atoms. The topological polar surface area (TPSA) is 142 Å². The van der Waals surface area contributed by atoms with Gasteiger partial charge >= 0.3 is 17.7 Å². The second-order valence-electron chi connectivity index (χ2n) is 10.8. The summed E-state index contributed by atoms with van der Waals surface area (Å²) < 4.78 is 27.4. The Labute approximate surface area is 233 Å². The van der Waals surface area contributed by atoms with Crippen LogP contribution in [0.15, 0.2) is 33.5 Å². The molecule has 1 aromatic carbocycles. The standard InChI is InChI=1S/C29H40N2O9/c1-19(32)36-18-22-9-8-10-27(38-22)37-21-11-12-23-20(16-26(34)39-24(23)17-21)15-25(33)30-13-6-5-7-14-31-28(35)40-29(2,3)4/h11-12,16-17,22,27H,5-10,13-15,18H2,1-4H3,(H,30,33)(H,31,35)/t22-,27-/m1/s1. The summed E-state index contributed by atoms with van der Waals surface area (Å²) in [5, 5.41) is 6.23. The van der Waals surface area contributed by atoms with Crippen LogP contribution in [0.3, 0.4) is 0 Å². The van der Waals surface area contributed by atoms with Gasteiger partial charge in [-0.3, -0.25) is 9.59 Å². The van der Waals surface area contributed by atoms with Crippen molar-refractivity contribution in [2.45, 2.75) is 90.6 Å². The molecule has 2 N–H and O–H groups in total. The monoisotopic (exact) mass is 560 g/mol. The molecule has 220 valence electrons. The van der Waals surface area contributed by atoms with E-state index in [9.17, 15) is 19.2 Å². The Morgan fingerprint density at radius 1 is 1.02 bits per heavy atom. The maximum Gasteiger partial charge on any atom is 0.407 e. The molecule has 1 saturated heterocycles. The minimum absolute atomic E-state index is 0.0338. The van der Waals surface area contributed by atoms with E-state index in [2.05, 4.69) is 10.6 Å². The fourth-order valence-electron chi connectivity index (χ4n) is 4.26. The highest BCUT2D eigenvalue weighted by atomic mass is 16.7. The summed E-state index contributed by atoms with van der Waals surface area (Å²) in [7, 11) is 0. The van der Waals surface area contributed by atoms with Crippen LogP contribution in [0.1, 0.15) is 71.8 Å². The van der Waals surface area contributed by atoms with E-state index in [0.29, 0.717) is 41.8 Å². The Balaban J connectivity index is 1.46. The van der Waals surface area contributed by atoms with Crippen molar-refractivity contribution in [1.29, 1.82) is 0 Å². The van der Waals surface area contributed by atoms with Gasteiger partial charge in [-0.15, -0.1) is 0 Å². The van der Waals surface area contributed by atoms with E-state index in [0.717, 1.165) is 32.1 Å². The predicted octanol–water partition coefficient (Wildman–Crippen LogP) is 3.98. The van der Waals surface area contributed by atoms with Gasteiger partial charge in [0.05, 0.1) is 12.5 Å². The van der Waals surface area contributed by atoms with Gasteiger partial charge in [0.2, 0.25) is 5.91 Å². The number of carbonyl (C=O) groups is 3. The molecule has 1 aliphatic rings. The zero-order valence-electron chi connectivity index (χ0n) is 23.7. The second-order valence-corrected chi connectivity index (χ2v) is 10.8. The van der Waals surface area contributed by atoms with E-state index < -0.39 is 23.6 Å². The number of rotatable bonds is 12. The Morgan fingerprint density at radius 3 is 2.50 bits per heavy atom. The van der Waals surface area contributed by atoms with Crippen molar-refractivity contribution in [3.63, 3.8) is 0 Å². The fraction of sp³-hybridized carbons (Fsp3) is 0.586. The van der Waals surface area contributed by atoms with Gasteiger partial charge in [0.1, 0.15) is 23.5 Å². The zero-order chi connectivity index (χ0) is 29.1. The first kappa shape index (κ1) is 30.9. The first-order valence-corrected chi connectivity index (χ1v) is 13.7. The van der Waals surface area contributed by atoms with Gasteiger partial charge in [-0.2, -0.15) is 0 Å². The molecule has 0 saturated carbocycles. The van der Waals surface area contributed by atoms with Crippen molar-refractivity contribution in [3.8, 4) is 5.75 Å². The molecule has 0 aliphatic carbocycles. The van der Waals surface area contributed by atoms with E-state index in [1.54, 1.807) is 18.2 Å². The largest absolute Gasteiger partial charge is 0.465 e. The molecule has 0 unspecified atom stereocenters. The third-order valence-electron chi connectivity index (χ3n) is 6.05. The molecule has 0 radical (unpaired) electrons.